The molecule has 1 aromatic heterocycles. The number of hydrogen-bond acceptors (Lipinski definition) is 3. The van der Waals surface area contributed by atoms with E-state index in [0.717, 1.165) is 6.20 Å². The average molecular weight is 329 g/mol. The first kappa shape index (κ1) is 15.2. The largest absolute Gasteiger partial charge is 0.478 e. The highest BCUT2D eigenvalue weighted by atomic mass is 35.5. The molecule has 0 spiro atoms. The Labute approximate surface area is 128 Å². The van der Waals surface area contributed by atoms with Gasteiger partial charge in [0.1, 0.15) is 5.69 Å². The molecule has 21 heavy (non-hydrogen) atoms. The number of aromatic carboxylic acids is 1. The van der Waals surface area contributed by atoms with Gasteiger partial charge in [-0.1, -0.05) is 23.2 Å². The number of carboxylic acids is 1. The lowest BCUT2D eigenvalue weighted by molar-refractivity contribution is 0.0696. The fourth-order valence-electron chi connectivity index (χ4n) is 1.48. The van der Waals surface area contributed by atoms with Crippen molar-refractivity contribution < 1.29 is 19.1 Å². The summed E-state index contributed by atoms with van der Waals surface area (Å²) in [5.41, 5.74) is 0.150. The summed E-state index contributed by atoms with van der Waals surface area (Å²) in [5.74, 6) is -2.53. The summed E-state index contributed by atoms with van der Waals surface area (Å²) in [4.78, 5) is 26.3. The molecule has 0 bridgehead atoms. The summed E-state index contributed by atoms with van der Waals surface area (Å²) < 4.78 is 13.2. The predicted octanol–water partition coefficient (Wildman–Crippen LogP) is 3.48. The number of aromatic nitrogens is 1. The van der Waals surface area contributed by atoms with Crippen LogP contribution in [0.4, 0.5) is 10.1 Å². The normalized spacial score (nSPS) is 10.2. The minimum atomic E-state index is -1.15. The average Bonchev–Trinajstić information content (AvgIpc) is 2.44. The van der Waals surface area contributed by atoms with Gasteiger partial charge in [0, 0.05) is 11.9 Å². The van der Waals surface area contributed by atoms with E-state index in [4.69, 9.17) is 28.3 Å². The topological polar surface area (TPSA) is 79.3 Å². The van der Waals surface area contributed by atoms with Crippen LogP contribution in [-0.4, -0.2) is 22.0 Å². The fourth-order valence-corrected chi connectivity index (χ4v) is 1.96. The number of carboxylic acid groups (broad SMARTS) is 1. The third kappa shape index (κ3) is 3.48. The standard InChI is InChI=1S/C13H7Cl2FN2O3/c14-8-3-7(4-9(15)11(8)16)18-12(19)10-2-1-6(5-17-10)13(20)21/h1-5H,(H,18,19)(H,20,21). The van der Waals surface area contributed by atoms with Gasteiger partial charge in [-0.15, -0.1) is 0 Å². The molecule has 0 radical (unpaired) electrons. The van der Waals surface area contributed by atoms with Gasteiger partial charge in [0.25, 0.3) is 5.91 Å². The maximum Gasteiger partial charge on any atom is 0.337 e. The highest BCUT2D eigenvalue weighted by Crippen LogP contribution is 2.27. The lowest BCUT2D eigenvalue weighted by atomic mass is 10.2. The zero-order valence-electron chi connectivity index (χ0n) is 10.2. The van der Waals surface area contributed by atoms with Crippen molar-refractivity contribution in [2.45, 2.75) is 0 Å². The van der Waals surface area contributed by atoms with Crippen molar-refractivity contribution in [2.24, 2.45) is 0 Å². The van der Waals surface area contributed by atoms with Crippen molar-refractivity contribution in [1.82, 2.24) is 4.98 Å². The first-order valence-corrected chi connectivity index (χ1v) is 6.29. The smallest absolute Gasteiger partial charge is 0.337 e. The molecule has 0 atom stereocenters. The highest BCUT2D eigenvalue weighted by molar-refractivity contribution is 6.35. The van der Waals surface area contributed by atoms with Crippen molar-refractivity contribution in [2.75, 3.05) is 5.32 Å². The lowest BCUT2D eigenvalue weighted by Crippen LogP contribution is -2.14. The molecule has 1 amide bonds. The Bertz CT molecular complexity index is 697. The summed E-state index contributed by atoms with van der Waals surface area (Å²) in [7, 11) is 0. The van der Waals surface area contributed by atoms with Crippen LogP contribution in [-0.2, 0) is 0 Å². The zero-order chi connectivity index (χ0) is 15.6. The quantitative estimate of drug-likeness (QED) is 0.845. The predicted molar refractivity (Wildman–Crippen MR) is 75.6 cm³/mol. The van der Waals surface area contributed by atoms with Crippen LogP contribution in [0.15, 0.2) is 30.5 Å². The van der Waals surface area contributed by atoms with E-state index in [1.807, 2.05) is 0 Å². The minimum absolute atomic E-state index is 0.00318. The molecule has 108 valence electrons. The Kier molecular flexibility index (Phi) is 4.40. The highest BCUT2D eigenvalue weighted by Gasteiger charge is 2.12. The van der Waals surface area contributed by atoms with E-state index < -0.39 is 17.7 Å². The van der Waals surface area contributed by atoms with Gasteiger partial charge in [-0.3, -0.25) is 9.78 Å². The van der Waals surface area contributed by atoms with Crippen LogP contribution in [0.5, 0.6) is 0 Å². The van der Waals surface area contributed by atoms with E-state index in [1.165, 1.54) is 24.3 Å². The summed E-state index contributed by atoms with van der Waals surface area (Å²) in [5, 5.41) is 10.7. The number of nitrogens with zero attached hydrogens (tertiary/aromatic N) is 1. The van der Waals surface area contributed by atoms with Crippen LogP contribution in [0, 0.1) is 5.82 Å². The second kappa shape index (κ2) is 6.07. The molecule has 0 aliphatic rings. The number of hydrogen-bond donors (Lipinski definition) is 2. The molecule has 0 fully saturated rings. The molecule has 0 aliphatic heterocycles. The molecule has 2 rings (SSSR count). The third-order valence-corrected chi connectivity index (χ3v) is 3.03. The second-order valence-corrected chi connectivity index (χ2v) is 4.76. The molecule has 1 heterocycles. The maximum atomic E-state index is 13.2. The molecule has 0 saturated carbocycles. The first-order chi connectivity index (χ1) is 9.88. The van der Waals surface area contributed by atoms with Crippen LogP contribution in [0.3, 0.4) is 0 Å². The van der Waals surface area contributed by atoms with E-state index >= 15 is 0 Å². The van der Waals surface area contributed by atoms with Crippen LogP contribution in [0.25, 0.3) is 0 Å². The van der Waals surface area contributed by atoms with Crippen molar-refractivity contribution >= 4 is 40.8 Å². The third-order valence-electron chi connectivity index (χ3n) is 2.48. The number of rotatable bonds is 3. The molecule has 8 heteroatoms. The monoisotopic (exact) mass is 328 g/mol. The van der Waals surface area contributed by atoms with Gasteiger partial charge >= 0.3 is 5.97 Å². The van der Waals surface area contributed by atoms with Crippen LogP contribution < -0.4 is 5.32 Å². The van der Waals surface area contributed by atoms with Gasteiger partial charge in [0.15, 0.2) is 5.82 Å². The fraction of sp³-hybridized carbons (Fsp3) is 0. The van der Waals surface area contributed by atoms with Gasteiger partial charge in [-0.05, 0) is 24.3 Å². The van der Waals surface area contributed by atoms with Gasteiger partial charge in [0.05, 0.1) is 15.6 Å². The van der Waals surface area contributed by atoms with Gasteiger partial charge in [-0.25, -0.2) is 9.18 Å². The van der Waals surface area contributed by atoms with E-state index in [1.54, 1.807) is 0 Å². The molecule has 2 N–H and O–H groups in total. The number of amides is 1. The Morgan fingerprint density at radius 2 is 1.81 bits per heavy atom. The Hall–Kier alpha value is -2.18. The number of benzene rings is 1. The Morgan fingerprint density at radius 1 is 1.19 bits per heavy atom. The van der Waals surface area contributed by atoms with Gasteiger partial charge in [0.2, 0.25) is 0 Å². The number of pyridine rings is 1. The van der Waals surface area contributed by atoms with E-state index in [9.17, 15) is 14.0 Å². The Morgan fingerprint density at radius 3 is 2.29 bits per heavy atom. The number of anilines is 1. The molecule has 0 saturated heterocycles. The Balaban J connectivity index is 2.20. The molecule has 1 aromatic carbocycles. The minimum Gasteiger partial charge on any atom is -0.478 e. The first-order valence-electron chi connectivity index (χ1n) is 5.53. The zero-order valence-corrected chi connectivity index (χ0v) is 11.7. The molecule has 2 aromatic rings. The van der Waals surface area contributed by atoms with E-state index in [-0.39, 0.29) is 27.0 Å². The molecular formula is C13H7Cl2FN2O3. The van der Waals surface area contributed by atoms with Crippen molar-refractivity contribution in [1.29, 1.82) is 0 Å². The van der Waals surface area contributed by atoms with Crippen LogP contribution in [0.2, 0.25) is 10.0 Å². The van der Waals surface area contributed by atoms with Crippen molar-refractivity contribution in [3.63, 3.8) is 0 Å². The molecule has 0 unspecified atom stereocenters. The summed E-state index contributed by atoms with van der Waals surface area (Å²) in [6, 6.07) is 4.90. The van der Waals surface area contributed by atoms with Crippen LogP contribution >= 0.6 is 23.2 Å². The lowest BCUT2D eigenvalue weighted by Gasteiger charge is -2.07. The SMILES string of the molecule is O=C(O)c1ccc(C(=O)Nc2cc(Cl)c(F)c(Cl)c2)nc1. The van der Waals surface area contributed by atoms with Crippen LogP contribution in [0.1, 0.15) is 20.8 Å². The number of nitrogens with one attached hydrogen (secondary N) is 1. The number of halogens is 3. The maximum absolute atomic E-state index is 13.2. The molecule has 0 aliphatic carbocycles. The summed E-state index contributed by atoms with van der Waals surface area (Å²) >= 11 is 11.2. The molecule has 5 nitrogen and oxygen atoms in total. The number of carbonyl (C=O) groups excluding carboxylic acids is 1. The van der Waals surface area contributed by atoms with Crippen molar-refractivity contribution in [3.8, 4) is 0 Å². The summed E-state index contributed by atoms with van der Waals surface area (Å²) in [6.07, 6.45) is 1.06. The molecular weight excluding hydrogens is 322 g/mol. The van der Waals surface area contributed by atoms with Crippen molar-refractivity contribution in [3.05, 3.63) is 57.6 Å². The summed E-state index contributed by atoms with van der Waals surface area (Å²) in [6.45, 7) is 0. The van der Waals surface area contributed by atoms with Gasteiger partial charge < -0.3 is 10.4 Å². The van der Waals surface area contributed by atoms with Gasteiger partial charge in [-0.2, -0.15) is 0 Å². The van der Waals surface area contributed by atoms with E-state index in [0.29, 0.717) is 0 Å². The number of carbonyl (C=O) groups is 2. The second-order valence-electron chi connectivity index (χ2n) is 3.95. The van der Waals surface area contributed by atoms with E-state index in [2.05, 4.69) is 10.3 Å².